The third-order valence-electron chi connectivity index (χ3n) is 5.80. The minimum Gasteiger partial charge on any atom is -0.381 e. The van der Waals surface area contributed by atoms with Crippen LogP contribution in [0.1, 0.15) is 45.1 Å². The van der Waals surface area contributed by atoms with Crippen LogP contribution in [0, 0.1) is 24.6 Å². The molecule has 8 heteroatoms. The Morgan fingerprint density at radius 2 is 2.00 bits per heavy atom. The largest absolute Gasteiger partial charge is 0.381 e. The van der Waals surface area contributed by atoms with Crippen molar-refractivity contribution in [2.45, 2.75) is 25.9 Å². The lowest BCUT2D eigenvalue weighted by Gasteiger charge is -2.18. The second kappa shape index (κ2) is 7.01. The van der Waals surface area contributed by atoms with Gasteiger partial charge in [-0.25, -0.2) is 4.39 Å². The molecule has 2 heterocycles. The molecule has 1 aromatic heterocycles. The Labute approximate surface area is 162 Å². The topological polar surface area (TPSA) is 85.3 Å². The van der Waals surface area contributed by atoms with Crippen molar-refractivity contribution in [3.63, 3.8) is 0 Å². The predicted molar refractivity (Wildman–Crippen MR) is 99.6 cm³/mol. The Bertz CT molecular complexity index is 932. The van der Waals surface area contributed by atoms with Crippen molar-refractivity contribution < 1.29 is 18.7 Å². The Hall–Kier alpha value is -2.74. The Kier molecular flexibility index (Phi) is 4.66. The maximum Gasteiger partial charge on any atom is 0.271 e. The summed E-state index contributed by atoms with van der Waals surface area (Å²) in [5.41, 5.74) is 1.62. The molecule has 148 valence electrons. The SMILES string of the molecule is CNC(=O)c1cc(C(=O)NC2[C@H]3COC[C@@H]23)n([C@H](C)c2cccc(F)c2C)n1. The summed E-state index contributed by atoms with van der Waals surface area (Å²) in [5, 5.41) is 9.90. The number of nitrogens with zero attached hydrogens (tertiary/aromatic N) is 2. The molecule has 1 saturated carbocycles. The number of nitrogens with one attached hydrogen (secondary N) is 2. The lowest BCUT2D eigenvalue weighted by Crippen LogP contribution is -2.32. The highest BCUT2D eigenvalue weighted by Crippen LogP contribution is 2.44. The van der Waals surface area contributed by atoms with Crippen molar-refractivity contribution in [2.75, 3.05) is 20.3 Å². The van der Waals surface area contributed by atoms with Gasteiger partial charge in [0, 0.05) is 31.0 Å². The van der Waals surface area contributed by atoms with E-state index in [-0.39, 0.29) is 35.1 Å². The van der Waals surface area contributed by atoms with Crippen molar-refractivity contribution in [1.82, 2.24) is 20.4 Å². The molecule has 7 nitrogen and oxygen atoms in total. The number of aromatic nitrogens is 2. The summed E-state index contributed by atoms with van der Waals surface area (Å²) in [6, 6.07) is 5.98. The molecule has 1 unspecified atom stereocenters. The predicted octanol–water partition coefficient (Wildman–Crippen LogP) is 1.67. The number of carbonyl (C=O) groups excluding carboxylic acids is 2. The van der Waals surface area contributed by atoms with E-state index in [1.807, 2.05) is 6.92 Å². The zero-order valence-electron chi connectivity index (χ0n) is 16.0. The summed E-state index contributed by atoms with van der Waals surface area (Å²) in [7, 11) is 1.51. The van der Waals surface area contributed by atoms with Crippen LogP contribution in [0.4, 0.5) is 4.39 Å². The van der Waals surface area contributed by atoms with Gasteiger partial charge < -0.3 is 15.4 Å². The van der Waals surface area contributed by atoms with E-state index in [0.29, 0.717) is 36.2 Å². The molecule has 0 bridgehead atoms. The van der Waals surface area contributed by atoms with Crippen LogP contribution in [0.5, 0.6) is 0 Å². The van der Waals surface area contributed by atoms with Gasteiger partial charge in [0.15, 0.2) is 5.69 Å². The molecule has 1 aliphatic carbocycles. The normalized spacial score (nSPS) is 23.8. The number of fused-ring (bicyclic) bond motifs is 1. The van der Waals surface area contributed by atoms with Crippen LogP contribution in [0.15, 0.2) is 24.3 Å². The molecule has 4 rings (SSSR count). The molecule has 28 heavy (non-hydrogen) atoms. The highest BCUT2D eigenvalue weighted by Gasteiger charge is 2.55. The Morgan fingerprint density at radius 1 is 1.29 bits per heavy atom. The smallest absolute Gasteiger partial charge is 0.271 e. The van der Waals surface area contributed by atoms with Crippen molar-refractivity contribution in [3.05, 3.63) is 52.6 Å². The Morgan fingerprint density at radius 3 is 2.68 bits per heavy atom. The van der Waals surface area contributed by atoms with Crippen molar-refractivity contribution in [2.24, 2.45) is 11.8 Å². The number of amides is 2. The number of halogens is 1. The third-order valence-corrected chi connectivity index (χ3v) is 5.80. The van der Waals surface area contributed by atoms with E-state index in [9.17, 15) is 14.0 Å². The molecule has 0 spiro atoms. The molecule has 2 aliphatic rings. The van der Waals surface area contributed by atoms with Gasteiger partial charge in [0.25, 0.3) is 11.8 Å². The standard InChI is InChI=1S/C20H23FN4O3/c1-10-12(5-4-6-15(10)21)11(2)25-17(7-16(24-25)19(26)22-3)20(27)23-18-13-8-28-9-14(13)18/h4-7,11,13-14,18H,8-9H2,1-3H3,(H,22,26)(H,23,27)/t11-,13-,14+,18?/m1/s1. The van der Waals surface area contributed by atoms with E-state index in [1.165, 1.54) is 23.9 Å². The fraction of sp³-hybridized carbons (Fsp3) is 0.450. The van der Waals surface area contributed by atoms with Crippen LogP contribution in [0.2, 0.25) is 0 Å². The first-order valence-electron chi connectivity index (χ1n) is 9.37. The number of benzene rings is 1. The minimum absolute atomic E-state index is 0.0965. The van der Waals surface area contributed by atoms with Gasteiger partial charge in [-0.1, -0.05) is 12.1 Å². The molecular weight excluding hydrogens is 363 g/mol. The zero-order valence-corrected chi connectivity index (χ0v) is 16.0. The molecular formula is C20H23FN4O3. The summed E-state index contributed by atoms with van der Waals surface area (Å²) in [5.74, 6) is -0.265. The fourth-order valence-corrected chi connectivity index (χ4v) is 3.99. The van der Waals surface area contributed by atoms with E-state index in [2.05, 4.69) is 15.7 Å². The van der Waals surface area contributed by atoms with Gasteiger partial charge in [-0.2, -0.15) is 5.10 Å². The average molecular weight is 386 g/mol. The van der Waals surface area contributed by atoms with Gasteiger partial charge in [-0.3, -0.25) is 14.3 Å². The fourth-order valence-electron chi connectivity index (χ4n) is 3.99. The monoisotopic (exact) mass is 386 g/mol. The molecule has 1 saturated heterocycles. The molecule has 0 radical (unpaired) electrons. The van der Waals surface area contributed by atoms with Crippen LogP contribution >= 0.6 is 0 Å². The molecule has 1 aliphatic heterocycles. The van der Waals surface area contributed by atoms with Crippen LogP contribution in [0.3, 0.4) is 0 Å². The number of hydrogen-bond acceptors (Lipinski definition) is 4. The first-order chi connectivity index (χ1) is 13.4. The second-order valence-electron chi connectivity index (χ2n) is 7.43. The molecule has 2 aromatic rings. The van der Waals surface area contributed by atoms with E-state index < -0.39 is 6.04 Å². The lowest BCUT2D eigenvalue weighted by molar-refractivity contribution is 0.0915. The zero-order chi connectivity index (χ0) is 20.0. The number of rotatable bonds is 5. The summed E-state index contributed by atoms with van der Waals surface area (Å²) >= 11 is 0. The number of hydrogen-bond donors (Lipinski definition) is 2. The van der Waals surface area contributed by atoms with Gasteiger partial charge in [0.2, 0.25) is 0 Å². The van der Waals surface area contributed by atoms with Crippen molar-refractivity contribution >= 4 is 11.8 Å². The van der Waals surface area contributed by atoms with E-state index in [1.54, 1.807) is 19.1 Å². The molecule has 4 atom stereocenters. The van der Waals surface area contributed by atoms with E-state index in [0.717, 1.165) is 0 Å². The summed E-state index contributed by atoms with van der Waals surface area (Å²) < 4.78 is 20.9. The molecule has 2 N–H and O–H groups in total. The minimum atomic E-state index is -0.420. The van der Waals surface area contributed by atoms with Gasteiger partial charge >= 0.3 is 0 Å². The van der Waals surface area contributed by atoms with E-state index in [4.69, 9.17) is 4.74 Å². The number of carbonyl (C=O) groups is 2. The van der Waals surface area contributed by atoms with E-state index >= 15 is 0 Å². The maximum absolute atomic E-state index is 14.0. The highest BCUT2D eigenvalue weighted by atomic mass is 19.1. The van der Waals surface area contributed by atoms with Crippen molar-refractivity contribution in [3.8, 4) is 0 Å². The number of ether oxygens (including phenoxy) is 1. The van der Waals surface area contributed by atoms with Crippen LogP contribution in [-0.4, -0.2) is 47.9 Å². The average Bonchev–Trinajstić information content (AvgIpc) is 3.10. The molecule has 2 amide bonds. The van der Waals surface area contributed by atoms with Crippen LogP contribution in [0.25, 0.3) is 0 Å². The van der Waals surface area contributed by atoms with Gasteiger partial charge in [0.05, 0.1) is 19.3 Å². The summed E-state index contributed by atoms with van der Waals surface area (Å²) in [4.78, 5) is 25.0. The summed E-state index contributed by atoms with van der Waals surface area (Å²) in [6.45, 7) is 4.85. The highest BCUT2D eigenvalue weighted by molar-refractivity contribution is 5.98. The van der Waals surface area contributed by atoms with Gasteiger partial charge in [-0.15, -0.1) is 0 Å². The lowest BCUT2D eigenvalue weighted by atomic mass is 10.0. The van der Waals surface area contributed by atoms with Crippen LogP contribution < -0.4 is 10.6 Å². The summed E-state index contributed by atoms with van der Waals surface area (Å²) in [6.07, 6.45) is 0. The first-order valence-corrected chi connectivity index (χ1v) is 9.37. The second-order valence-corrected chi connectivity index (χ2v) is 7.43. The Balaban J connectivity index is 1.66. The molecule has 1 aromatic carbocycles. The van der Waals surface area contributed by atoms with Crippen LogP contribution in [-0.2, 0) is 4.74 Å². The maximum atomic E-state index is 14.0. The third kappa shape index (κ3) is 3.07. The van der Waals surface area contributed by atoms with Gasteiger partial charge in [0.1, 0.15) is 11.5 Å². The molecule has 2 fully saturated rings. The van der Waals surface area contributed by atoms with Gasteiger partial charge in [-0.05, 0) is 31.0 Å². The quantitative estimate of drug-likeness (QED) is 0.819. The van der Waals surface area contributed by atoms with Crippen molar-refractivity contribution in [1.29, 1.82) is 0 Å². The first kappa shape index (κ1) is 18.6.